The molecule has 12 nitrogen and oxygen atoms in total. The molecule has 234 valence electrons. The smallest absolute Gasteiger partial charge is 0.306 e. The normalized spacial score (nSPS) is 25.4. The summed E-state index contributed by atoms with van der Waals surface area (Å²) in [5, 5.41) is 45.6. The lowest BCUT2D eigenvalue weighted by Crippen LogP contribution is -2.65. The van der Waals surface area contributed by atoms with Crippen molar-refractivity contribution in [3.05, 3.63) is 39.7 Å². The fourth-order valence-electron chi connectivity index (χ4n) is 6.41. The zero-order valence-corrected chi connectivity index (χ0v) is 26.0. The first kappa shape index (κ1) is 32.9. The van der Waals surface area contributed by atoms with Gasteiger partial charge in [-0.3, -0.25) is 24.1 Å². The van der Waals surface area contributed by atoms with Crippen LogP contribution in [0.4, 0.5) is 5.69 Å². The van der Waals surface area contributed by atoms with E-state index in [2.05, 4.69) is 0 Å². The number of carbonyl (C=O) groups excluding carboxylic acids is 4. The predicted octanol–water partition coefficient (Wildman–Crippen LogP) is 1.88. The second kappa shape index (κ2) is 11.5. The number of amides is 1. The number of nitrogens with two attached hydrogens (primary N) is 1. The number of aliphatic hydroxyl groups is 3. The Hall–Kier alpha value is -3.03. The minimum Gasteiger partial charge on any atom is -0.508 e. The van der Waals surface area contributed by atoms with Crippen molar-refractivity contribution in [3.8, 4) is 5.75 Å². The summed E-state index contributed by atoms with van der Waals surface area (Å²) >= 11 is 16.9. The largest absolute Gasteiger partial charge is 0.508 e. The molecule has 3 aliphatic rings. The number of phenols is 1. The highest BCUT2D eigenvalue weighted by atomic mass is 35.6. The molecule has 4 atom stereocenters. The van der Waals surface area contributed by atoms with E-state index >= 15 is 0 Å². The summed E-state index contributed by atoms with van der Waals surface area (Å²) in [6, 6.07) is 0.471. The number of anilines is 1. The number of aryl methyl sites for hydroxylation is 1. The summed E-state index contributed by atoms with van der Waals surface area (Å²) in [5.41, 5.74) is 2.71. The number of fused-ring (bicyclic) bond motifs is 3. The number of Topliss-reactive ketones (excluding diaryl/α,β-unsaturated/α-hetero) is 2. The van der Waals surface area contributed by atoms with Crippen molar-refractivity contribution in [2.24, 2.45) is 17.6 Å². The van der Waals surface area contributed by atoms with Crippen molar-refractivity contribution >= 4 is 69.7 Å². The molecule has 0 aliphatic heterocycles. The quantitative estimate of drug-likeness (QED) is 0.163. The Kier molecular flexibility index (Phi) is 8.77. The van der Waals surface area contributed by atoms with Crippen LogP contribution in [-0.2, 0) is 36.8 Å². The molecule has 0 radical (unpaired) electrons. The van der Waals surface area contributed by atoms with Crippen LogP contribution >= 0.6 is 34.8 Å². The first-order valence-electron chi connectivity index (χ1n) is 13.2. The molecule has 1 aromatic rings. The summed E-state index contributed by atoms with van der Waals surface area (Å²) in [6.07, 6.45) is -0.158. The zero-order chi connectivity index (χ0) is 32.3. The van der Waals surface area contributed by atoms with Crippen LogP contribution in [0.2, 0.25) is 0 Å². The molecule has 1 fully saturated rings. The Balaban J connectivity index is 1.84. The van der Waals surface area contributed by atoms with Gasteiger partial charge in [-0.15, -0.1) is 0 Å². The van der Waals surface area contributed by atoms with Crippen LogP contribution in [0.5, 0.6) is 5.75 Å². The number of likely N-dealkylation sites (N-methyl/N-ethyl adjacent to an activating group) is 1. The fraction of sp³-hybridized carbons (Fsp3) is 0.500. The third-order valence-electron chi connectivity index (χ3n) is 8.25. The van der Waals surface area contributed by atoms with Gasteiger partial charge in [-0.1, -0.05) is 34.8 Å². The van der Waals surface area contributed by atoms with Crippen LogP contribution in [0, 0.1) is 11.8 Å². The molecule has 0 aromatic heterocycles. The Morgan fingerprint density at radius 1 is 1.14 bits per heavy atom. The van der Waals surface area contributed by atoms with Crippen LogP contribution in [0.3, 0.4) is 0 Å². The van der Waals surface area contributed by atoms with Gasteiger partial charge in [-0.05, 0) is 56.5 Å². The fourth-order valence-corrected chi connectivity index (χ4v) is 6.57. The number of phenolic OH excluding ortho intramolecular Hbond substituents is 1. The first-order valence-corrected chi connectivity index (χ1v) is 14.4. The van der Waals surface area contributed by atoms with Gasteiger partial charge in [-0.25, -0.2) is 0 Å². The van der Waals surface area contributed by atoms with E-state index in [-0.39, 0.29) is 42.4 Å². The molecular formula is C28H32Cl3N3O9. The van der Waals surface area contributed by atoms with Gasteiger partial charge in [0.05, 0.1) is 11.6 Å². The number of primary amides is 1. The minimum absolute atomic E-state index is 0.0316. The molecule has 0 saturated heterocycles. The number of aliphatic hydroxyl groups excluding tert-OH is 2. The Morgan fingerprint density at radius 2 is 1.77 bits per heavy atom. The molecule has 4 rings (SSSR count). The van der Waals surface area contributed by atoms with Crippen LogP contribution in [0.25, 0.3) is 5.76 Å². The van der Waals surface area contributed by atoms with E-state index < -0.39 is 80.2 Å². The van der Waals surface area contributed by atoms with Gasteiger partial charge in [0.1, 0.15) is 29.4 Å². The van der Waals surface area contributed by atoms with Crippen LogP contribution in [-0.4, -0.2) is 99.0 Å². The molecule has 1 amide bonds. The lowest BCUT2D eigenvalue weighted by atomic mass is 9.57. The maximum absolute atomic E-state index is 14.0. The second-order valence-electron chi connectivity index (χ2n) is 11.4. The molecular weight excluding hydrogens is 629 g/mol. The Morgan fingerprint density at radius 3 is 2.30 bits per heavy atom. The van der Waals surface area contributed by atoms with E-state index in [4.69, 9.17) is 45.3 Å². The number of halogens is 3. The monoisotopic (exact) mass is 659 g/mol. The van der Waals surface area contributed by atoms with Crippen molar-refractivity contribution < 1.29 is 44.3 Å². The third-order valence-corrected chi connectivity index (χ3v) is 8.58. The first-order chi connectivity index (χ1) is 19.8. The van der Waals surface area contributed by atoms with Crippen molar-refractivity contribution in [2.45, 2.75) is 41.1 Å². The number of aromatic hydroxyl groups is 1. The number of ketones is 2. The number of esters is 1. The molecule has 1 saturated carbocycles. The number of hydrogen-bond donors (Lipinski definition) is 5. The number of benzene rings is 1. The van der Waals surface area contributed by atoms with Crippen LogP contribution in [0.15, 0.2) is 23.0 Å². The average Bonchev–Trinajstić information content (AvgIpc) is 2.88. The van der Waals surface area contributed by atoms with Gasteiger partial charge >= 0.3 is 5.97 Å². The number of hydrogen-bond acceptors (Lipinski definition) is 11. The summed E-state index contributed by atoms with van der Waals surface area (Å²) in [5.74, 6) is -8.04. The number of nitrogens with zero attached hydrogens (tertiary/aromatic N) is 2. The summed E-state index contributed by atoms with van der Waals surface area (Å²) < 4.78 is 3.15. The molecule has 0 unspecified atom stereocenters. The maximum atomic E-state index is 14.0. The number of alkyl halides is 3. The molecule has 15 heteroatoms. The highest BCUT2D eigenvalue weighted by Gasteiger charge is 2.64. The predicted molar refractivity (Wildman–Crippen MR) is 158 cm³/mol. The number of ether oxygens (including phenoxy) is 1. The van der Waals surface area contributed by atoms with E-state index in [1.54, 1.807) is 25.1 Å². The molecule has 0 heterocycles. The standard InChI is InChI=1S/C28H32Cl3N3O9/c1-33(2)15-9-11(5-6-16(35)43-10-27(29,30)31)21(36)18-13(15)7-12-8-14-20(34(3)4)23(38)19(26(32)41)25(40)28(14,42)24(39)17(12)22(18)37/h9,12,14,20,36-37,40,42H,5-8,10H2,1-4H3,(H2,32,41)/t12-,14-,20+,28+/m1/s1. The molecule has 0 spiro atoms. The highest BCUT2D eigenvalue weighted by Crippen LogP contribution is 2.54. The highest BCUT2D eigenvalue weighted by molar-refractivity contribution is 6.67. The molecule has 6 N–H and O–H groups in total. The van der Waals surface area contributed by atoms with E-state index in [9.17, 15) is 39.6 Å². The maximum Gasteiger partial charge on any atom is 0.306 e. The average molecular weight is 661 g/mol. The van der Waals surface area contributed by atoms with Crippen LogP contribution in [0.1, 0.15) is 29.5 Å². The van der Waals surface area contributed by atoms with E-state index in [0.717, 1.165) is 0 Å². The van der Waals surface area contributed by atoms with Gasteiger partial charge in [0.15, 0.2) is 11.4 Å². The topological polar surface area (TPSA) is 191 Å². The summed E-state index contributed by atoms with van der Waals surface area (Å²) in [4.78, 5) is 54.8. The van der Waals surface area contributed by atoms with Gasteiger partial charge in [0, 0.05) is 37.7 Å². The molecule has 1 aromatic carbocycles. The summed E-state index contributed by atoms with van der Waals surface area (Å²) in [6.45, 7) is -0.477. The van der Waals surface area contributed by atoms with Crippen molar-refractivity contribution in [3.63, 3.8) is 0 Å². The van der Waals surface area contributed by atoms with Crippen LogP contribution < -0.4 is 10.6 Å². The molecule has 3 aliphatic carbocycles. The van der Waals surface area contributed by atoms with Gasteiger partial charge in [-0.2, -0.15) is 0 Å². The second-order valence-corrected chi connectivity index (χ2v) is 13.9. The third kappa shape index (κ3) is 5.55. The lowest BCUT2D eigenvalue weighted by molar-refractivity contribution is -0.153. The number of carbonyl (C=O) groups is 4. The van der Waals surface area contributed by atoms with E-state index in [1.807, 2.05) is 0 Å². The Labute approximate surface area is 262 Å². The van der Waals surface area contributed by atoms with Crippen molar-refractivity contribution in [2.75, 3.05) is 39.7 Å². The zero-order valence-electron chi connectivity index (χ0n) is 23.8. The van der Waals surface area contributed by atoms with Gasteiger partial charge in [0.2, 0.25) is 9.58 Å². The Bertz CT molecular complexity index is 1480. The van der Waals surface area contributed by atoms with E-state index in [0.29, 0.717) is 11.3 Å². The number of rotatable bonds is 7. The SMILES string of the molecule is CN(C)c1cc(CCC(=O)OCC(Cl)(Cl)Cl)c(O)c2c1C[C@@H]1C[C@@H]3[C@H](N(C)C)C(=O)C(C(N)=O)=C(O)[C@@]3(O)C(=O)C1=C2O. The van der Waals surface area contributed by atoms with E-state index in [1.165, 1.54) is 19.0 Å². The van der Waals surface area contributed by atoms with Crippen molar-refractivity contribution in [1.82, 2.24) is 4.90 Å². The van der Waals surface area contributed by atoms with Gasteiger partial charge in [0.25, 0.3) is 5.91 Å². The summed E-state index contributed by atoms with van der Waals surface area (Å²) in [7, 11) is 6.54. The molecule has 0 bridgehead atoms. The molecule has 43 heavy (non-hydrogen) atoms. The lowest BCUT2D eigenvalue weighted by Gasteiger charge is -2.50. The van der Waals surface area contributed by atoms with Crippen molar-refractivity contribution in [1.29, 1.82) is 0 Å². The minimum atomic E-state index is -2.74. The van der Waals surface area contributed by atoms with Gasteiger partial charge < -0.3 is 35.8 Å².